The van der Waals surface area contributed by atoms with Crippen molar-refractivity contribution in [1.82, 2.24) is 9.97 Å². The molecule has 2 aromatic heterocycles. The molecule has 0 aliphatic heterocycles. The number of halogens is 2. The first-order valence-corrected chi connectivity index (χ1v) is 23.8. The van der Waals surface area contributed by atoms with Crippen LogP contribution in [0.25, 0.3) is 32.6 Å². The van der Waals surface area contributed by atoms with Crippen LogP contribution in [0.3, 0.4) is 0 Å². The molecule has 0 radical (unpaired) electrons. The maximum absolute atomic E-state index is 6.79. The van der Waals surface area contributed by atoms with Gasteiger partial charge in [0.25, 0.3) is 0 Å². The summed E-state index contributed by atoms with van der Waals surface area (Å²) in [7, 11) is 0. The normalized spacial score (nSPS) is 13.1. The van der Waals surface area contributed by atoms with Gasteiger partial charge >= 0.3 is 0 Å². The number of ether oxygens (including phenoxy) is 2. The Balaban J connectivity index is 1.56. The van der Waals surface area contributed by atoms with Crippen LogP contribution in [0.5, 0.6) is 11.8 Å². The highest BCUT2D eigenvalue weighted by atomic mass is 127. The highest BCUT2D eigenvalue weighted by Gasteiger charge is 2.22. The van der Waals surface area contributed by atoms with Gasteiger partial charge in [0.2, 0.25) is 11.8 Å². The molecule has 0 fully saturated rings. The van der Waals surface area contributed by atoms with Crippen LogP contribution in [0.15, 0.2) is 24.3 Å². The van der Waals surface area contributed by atoms with Gasteiger partial charge in [-0.2, -0.15) is 0 Å². The molecule has 4 aromatic rings. The lowest BCUT2D eigenvalue weighted by Gasteiger charge is -2.21. The summed E-state index contributed by atoms with van der Waals surface area (Å²) in [5, 5.41) is 4.50. The molecule has 52 heavy (non-hydrogen) atoms. The van der Waals surface area contributed by atoms with E-state index in [0.717, 1.165) is 64.7 Å². The van der Waals surface area contributed by atoms with Crippen molar-refractivity contribution >= 4 is 77.8 Å². The number of nitrogens with zero attached hydrogens (tertiary/aromatic N) is 2. The summed E-state index contributed by atoms with van der Waals surface area (Å²) < 4.78 is 15.9. The lowest BCUT2D eigenvalue weighted by atomic mass is 9.95. The monoisotopic (exact) mass is 936 g/mol. The summed E-state index contributed by atoms with van der Waals surface area (Å²) in [4.78, 5) is 10.5. The van der Waals surface area contributed by atoms with Gasteiger partial charge in [-0.15, -0.1) is 0 Å². The average Bonchev–Trinajstić information content (AvgIpc) is 3.13. The van der Waals surface area contributed by atoms with E-state index in [9.17, 15) is 0 Å². The van der Waals surface area contributed by atoms with Crippen LogP contribution in [0, 0.1) is 19.0 Å². The van der Waals surface area contributed by atoms with Crippen molar-refractivity contribution in [3.8, 4) is 11.8 Å². The Morgan fingerprint density at radius 3 is 1.10 bits per heavy atom. The van der Waals surface area contributed by atoms with E-state index in [1.807, 2.05) is 0 Å². The van der Waals surface area contributed by atoms with Crippen LogP contribution >= 0.6 is 45.2 Å². The van der Waals surface area contributed by atoms with Crippen molar-refractivity contribution in [2.24, 2.45) is 11.8 Å². The fourth-order valence-corrected chi connectivity index (χ4v) is 9.16. The van der Waals surface area contributed by atoms with Crippen LogP contribution in [0.1, 0.15) is 182 Å². The van der Waals surface area contributed by atoms with Crippen molar-refractivity contribution < 1.29 is 9.47 Å². The third kappa shape index (κ3) is 14.2. The maximum atomic E-state index is 6.79. The molecule has 2 atom stereocenters. The fourth-order valence-electron chi connectivity index (χ4n) is 7.95. The highest BCUT2D eigenvalue weighted by molar-refractivity contribution is 14.1. The second kappa shape index (κ2) is 25.1. The third-order valence-corrected chi connectivity index (χ3v) is 12.3. The highest BCUT2D eigenvalue weighted by Crippen LogP contribution is 2.42. The summed E-state index contributed by atoms with van der Waals surface area (Å²) in [6.07, 6.45) is 31.5. The van der Waals surface area contributed by atoms with Crippen molar-refractivity contribution in [3.05, 3.63) is 31.4 Å². The minimum atomic E-state index is 0.571. The molecule has 2 heterocycles. The molecule has 0 amide bonds. The lowest BCUT2D eigenvalue weighted by molar-refractivity contribution is 0.220. The number of hydrogen-bond donors (Lipinski definition) is 0. The summed E-state index contributed by atoms with van der Waals surface area (Å²) in [6, 6.07) is 8.93. The van der Waals surface area contributed by atoms with Crippen LogP contribution in [0.2, 0.25) is 0 Å². The van der Waals surface area contributed by atoms with Gasteiger partial charge in [0.1, 0.15) is 0 Å². The quantitative estimate of drug-likeness (QED) is 0.0297. The van der Waals surface area contributed by atoms with Crippen molar-refractivity contribution in [1.29, 1.82) is 0 Å². The van der Waals surface area contributed by atoms with E-state index in [0.29, 0.717) is 11.8 Å². The molecular formula is C46H70I2N2O2. The molecule has 2 unspecified atom stereocenters. The van der Waals surface area contributed by atoms with Gasteiger partial charge < -0.3 is 9.47 Å². The predicted molar refractivity (Wildman–Crippen MR) is 243 cm³/mol. The largest absolute Gasteiger partial charge is 0.477 e. The van der Waals surface area contributed by atoms with E-state index >= 15 is 0 Å². The molecule has 0 spiro atoms. The first-order chi connectivity index (χ1) is 25.5. The summed E-state index contributed by atoms with van der Waals surface area (Å²) in [6.45, 7) is 10.7. The Kier molecular flexibility index (Phi) is 21.0. The molecule has 290 valence electrons. The Labute approximate surface area is 344 Å². The fraction of sp³-hybridized carbons (Fsp3) is 0.696. The lowest BCUT2D eigenvalue weighted by Crippen LogP contribution is -2.14. The number of hydrogen-bond acceptors (Lipinski definition) is 4. The number of unbranched alkanes of at least 4 members (excludes halogenated alkanes) is 16. The van der Waals surface area contributed by atoms with Crippen molar-refractivity contribution in [3.63, 3.8) is 0 Å². The predicted octanol–water partition coefficient (Wildman–Crippen LogP) is 16.0. The summed E-state index contributed by atoms with van der Waals surface area (Å²) in [5.74, 6) is 2.67. The van der Waals surface area contributed by atoms with E-state index in [4.69, 9.17) is 19.4 Å². The average molecular weight is 937 g/mol. The summed E-state index contributed by atoms with van der Waals surface area (Å²) in [5.41, 5.74) is 1.97. The van der Waals surface area contributed by atoms with Gasteiger partial charge in [-0.25, -0.2) is 9.97 Å². The molecule has 2 aromatic carbocycles. The van der Waals surface area contributed by atoms with E-state index < -0.39 is 0 Å². The van der Waals surface area contributed by atoms with Crippen LogP contribution in [0.4, 0.5) is 0 Å². The molecule has 6 heteroatoms. The van der Waals surface area contributed by atoms with Crippen LogP contribution in [-0.2, 0) is 0 Å². The number of aromatic nitrogens is 2. The van der Waals surface area contributed by atoms with Gasteiger partial charge in [-0.3, -0.25) is 0 Å². The molecular weight excluding hydrogens is 866 g/mol. The number of rotatable bonds is 30. The molecule has 0 bridgehead atoms. The summed E-state index contributed by atoms with van der Waals surface area (Å²) >= 11 is 4.87. The first kappa shape index (κ1) is 43.6. The van der Waals surface area contributed by atoms with E-state index in [1.54, 1.807) is 0 Å². The van der Waals surface area contributed by atoms with E-state index in [-0.39, 0.29) is 0 Å². The maximum Gasteiger partial charge on any atom is 0.222 e. The molecule has 4 nitrogen and oxygen atoms in total. The number of pyridine rings is 2. The van der Waals surface area contributed by atoms with Gasteiger partial charge in [0, 0.05) is 28.7 Å². The Morgan fingerprint density at radius 2 is 0.750 bits per heavy atom. The molecule has 0 saturated carbocycles. The zero-order valence-corrected chi connectivity index (χ0v) is 37.6. The van der Waals surface area contributed by atoms with Gasteiger partial charge in [0.15, 0.2) is 0 Å². The SMILES string of the molecule is CCCCCCCCC(CCCCCC)COc1nc2cc(I)cc3c(OCC(CCCCCC)CCCCCCCC)nc4cc(I)cc1c4c23. The van der Waals surface area contributed by atoms with E-state index in [2.05, 4.69) is 97.1 Å². The topological polar surface area (TPSA) is 44.2 Å². The van der Waals surface area contributed by atoms with Crippen molar-refractivity contribution in [2.45, 2.75) is 182 Å². The van der Waals surface area contributed by atoms with Gasteiger partial charge in [-0.1, -0.05) is 156 Å². The standard InChI is InChI=1S/C46H70I2N2O2/c1-5-9-13-17-19-23-27-35(25-21-15-11-7-3)33-51-45-39-29-37(47)32-42-43(39)44-40(30-38(48)31-41(44)49-45)46(50-42)52-34-36(26-22-16-12-8-4)28-24-20-18-14-10-6-2/h29-32,35-36H,5-28,33-34H2,1-4H3. The minimum Gasteiger partial charge on any atom is -0.477 e. The van der Waals surface area contributed by atoms with Crippen molar-refractivity contribution in [2.75, 3.05) is 13.2 Å². The molecule has 0 aliphatic rings. The Bertz CT molecular complexity index is 1440. The van der Waals surface area contributed by atoms with Gasteiger partial charge in [0.05, 0.1) is 24.2 Å². The zero-order chi connectivity index (χ0) is 37.0. The van der Waals surface area contributed by atoms with Crippen LogP contribution < -0.4 is 9.47 Å². The van der Waals surface area contributed by atoms with E-state index in [1.165, 1.54) is 154 Å². The zero-order valence-electron chi connectivity index (χ0n) is 33.3. The Morgan fingerprint density at radius 1 is 0.442 bits per heavy atom. The Hall–Kier alpha value is -1.16. The smallest absolute Gasteiger partial charge is 0.222 e. The first-order valence-electron chi connectivity index (χ1n) is 21.6. The second-order valence-corrected chi connectivity index (χ2v) is 18.2. The molecule has 0 saturated heterocycles. The molecule has 0 N–H and O–H groups in total. The minimum absolute atomic E-state index is 0.571. The van der Waals surface area contributed by atoms with Gasteiger partial charge in [-0.05, 0) is 107 Å². The number of benzene rings is 2. The third-order valence-electron chi connectivity index (χ3n) is 11.1. The second-order valence-electron chi connectivity index (χ2n) is 15.7. The molecule has 4 rings (SSSR count). The molecule has 0 aliphatic carbocycles. The van der Waals surface area contributed by atoms with Crippen LogP contribution in [-0.4, -0.2) is 23.2 Å².